The molecule has 2 aliphatic heterocycles. The number of hydrogen-bond acceptors (Lipinski definition) is 6. The highest BCUT2D eigenvalue weighted by Crippen LogP contribution is 2.25. The normalized spacial score (nSPS) is 21.1. The molecule has 160 valence electrons. The van der Waals surface area contributed by atoms with Crippen molar-refractivity contribution in [2.24, 2.45) is 0 Å². The topological polar surface area (TPSA) is 74.4 Å². The van der Waals surface area contributed by atoms with Crippen LogP contribution in [0.3, 0.4) is 0 Å². The zero-order chi connectivity index (χ0) is 20.8. The van der Waals surface area contributed by atoms with Crippen LogP contribution in [0.2, 0.25) is 0 Å². The van der Waals surface area contributed by atoms with Crippen molar-refractivity contribution in [2.75, 3.05) is 60.1 Å². The van der Waals surface area contributed by atoms with Crippen LogP contribution in [0, 0.1) is 0 Å². The molecule has 2 unspecified atom stereocenters. The third-order valence-corrected chi connectivity index (χ3v) is 5.26. The molecule has 1 saturated heterocycles. The van der Waals surface area contributed by atoms with Crippen LogP contribution in [0.5, 0.6) is 5.75 Å². The predicted octanol–water partition coefficient (Wildman–Crippen LogP) is 0.175. The van der Waals surface area contributed by atoms with Crippen LogP contribution in [0.1, 0.15) is 12.5 Å². The Morgan fingerprint density at radius 1 is 1.24 bits per heavy atom. The SMILES string of the molecule is CC(NC(=O)CN1CCOCC1)C(=O)N1Cc2ccccc2OCC1CN(C)C. The summed E-state index contributed by atoms with van der Waals surface area (Å²) in [6.45, 7) is 6.38. The first-order valence-electron chi connectivity index (χ1n) is 10.2. The van der Waals surface area contributed by atoms with Crippen molar-refractivity contribution in [3.8, 4) is 5.75 Å². The monoisotopic (exact) mass is 404 g/mol. The minimum Gasteiger partial charge on any atom is -0.491 e. The number of rotatable bonds is 6. The number of para-hydroxylation sites is 1. The molecule has 8 heteroatoms. The highest BCUT2D eigenvalue weighted by atomic mass is 16.5. The van der Waals surface area contributed by atoms with E-state index in [0.717, 1.165) is 24.4 Å². The smallest absolute Gasteiger partial charge is 0.245 e. The van der Waals surface area contributed by atoms with E-state index in [1.54, 1.807) is 6.92 Å². The fourth-order valence-electron chi connectivity index (χ4n) is 3.75. The summed E-state index contributed by atoms with van der Waals surface area (Å²) in [6, 6.07) is 7.11. The number of fused-ring (bicyclic) bond motifs is 1. The maximum absolute atomic E-state index is 13.3. The molecule has 0 bridgehead atoms. The Morgan fingerprint density at radius 3 is 2.69 bits per heavy atom. The Labute approximate surface area is 172 Å². The van der Waals surface area contributed by atoms with Crippen molar-refractivity contribution in [2.45, 2.75) is 25.6 Å². The highest BCUT2D eigenvalue weighted by Gasteiger charge is 2.32. The second-order valence-electron chi connectivity index (χ2n) is 7.98. The molecule has 2 aliphatic rings. The number of carbonyl (C=O) groups is 2. The number of benzene rings is 1. The van der Waals surface area contributed by atoms with Gasteiger partial charge < -0.3 is 24.6 Å². The molecular weight excluding hydrogens is 372 g/mol. The summed E-state index contributed by atoms with van der Waals surface area (Å²) < 4.78 is 11.3. The van der Waals surface area contributed by atoms with E-state index in [1.807, 2.05) is 53.1 Å². The summed E-state index contributed by atoms with van der Waals surface area (Å²) in [6.07, 6.45) is 0. The van der Waals surface area contributed by atoms with Gasteiger partial charge in [0.2, 0.25) is 11.8 Å². The predicted molar refractivity (Wildman–Crippen MR) is 110 cm³/mol. The molecule has 0 aromatic heterocycles. The summed E-state index contributed by atoms with van der Waals surface area (Å²) in [5, 5.41) is 2.88. The molecular formula is C21H32N4O4. The van der Waals surface area contributed by atoms with Gasteiger partial charge in [-0.3, -0.25) is 14.5 Å². The van der Waals surface area contributed by atoms with E-state index in [9.17, 15) is 9.59 Å². The van der Waals surface area contributed by atoms with Crippen molar-refractivity contribution in [1.82, 2.24) is 20.0 Å². The van der Waals surface area contributed by atoms with Crippen LogP contribution in [0.25, 0.3) is 0 Å². The van der Waals surface area contributed by atoms with Gasteiger partial charge in [0.25, 0.3) is 0 Å². The third-order valence-electron chi connectivity index (χ3n) is 5.26. The number of nitrogens with zero attached hydrogens (tertiary/aromatic N) is 3. The van der Waals surface area contributed by atoms with E-state index in [4.69, 9.17) is 9.47 Å². The first-order chi connectivity index (χ1) is 13.9. The van der Waals surface area contributed by atoms with Crippen molar-refractivity contribution < 1.29 is 19.1 Å². The third kappa shape index (κ3) is 5.91. The fourth-order valence-corrected chi connectivity index (χ4v) is 3.75. The Bertz CT molecular complexity index is 706. The molecule has 2 atom stereocenters. The summed E-state index contributed by atoms with van der Waals surface area (Å²) in [4.78, 5) is 31.6. The second kappa shape index (κ2) is 10.0. The largest absolute Gasteiger partial charge is 0.491 e. The number of amides is 2. The van der Waals surface area contributed by atoms with Crippen LogP contribution < -0.4 is 10.1 Å². The van der Waals surface area contributed by atoms with Gasteiger partial charge in [0.15, 0.2) is 0 Å². The first-order valence-corrected chi connectivity index (χ1v) is 10.2. The molecule has 1 N–H and O–H groups in total. The molecule has 0 spiro atoms. The van der Waals surface area contributed by atoms with Gasteiger partial charge >= 0.3 is 0 Å². The van der Waals surface area contributed by atoms with Crippen LogP contribution >= 0.6 is 0 Å². The average molecular weight is 405 g/mol. The van der Waals surface area contributed by atoms with E-state index >= 15 is 0 Å². The Hall–Kier alpha value is -2.16. The summed E-state index contributed by atoms with van der Waals surface area (Å²) in [5.41, 5.74) is 0.981. The standard InChI is InChI=1S/C21H32N4O4/c1-16(22-20(26)14-24-8-10-28-11-9-24)21(27)25-12-17-6-4-5-7-19(17)29-15-18(25)13-23(2)3/h4-7,16,18H,8-15H2,1-3H3,(H,22,26). The van der Waals surface area contributed by atoms with Crippen LogP contribution in [-0.4, -0.2) is 98.7 Å². The molecule has 2 heterocycles. The van der Waals surface area contributed by atoms with Gasteiger partial charge in [-0.1, -0.05) is 18.2 Å². The van der Waals surface area contributed by atoms with E-state index < -0.39 is 6.04 Å². The zero-order valence-electron chi connectivity index (χ0n) is 17.6. The minimum atomic E-state index is -0.599. The lowest BCUT2D eigenvalue weighted by atomic mass is 10.1. The molecule has 0 radical (unpaired) electrons. The lowest BCUT2D eigenvalue weighted by Crippen LogP contribution is -2.54. The number of nitrogens with one attached hydrogen (secondary N) is 1. The highest BCUT2D eigenvalue weighted by molar-refractivity contribution is 5.88. The summed E-state index contributed by atoms with van der Waals surface area (Å²) in [5.74, 6) is 0.589. The van der Waals surface area contributed by atoms with E-state index in [0.29, 0.717) is 32.9 Å². The Morgan fingerprint density at radius 2 is 1.97 bits per heavy atom. The van der Waals surface area contributed by atoms with E-state index in [-0.39, 0.29) is 24.4 Å². The van der Waals surface area contributed by atoms with Crippen LogP contribution in [-0.2, 0) is 20.9 Å². The Balaban J connectivity index is 1.66. The van der Waals surface area contributed by atoms with Crippen LogP contribution in [0.15, 0.2) is 24.3 Å². The molecule has 1 aromatic carbocycles. The van der Waals surface area contributed by atoms with Gasteiger partial charge in [-0.2, -0.15) is 0 Å². The van der Waals surface area contributed by atoms with Gasteiger partial charge in [0, 0.05) is 31.7 Å². The number of likely N-dealkylation sites (N-methyl/N-ethyl adjacent to an activating group) is 1. The molecule has 1 fully saturated rings. The summed E-state index contributed by atoms with van der Waals surface area (Å²) in [7, 11) is 3.96. The van der Waals surface area contributed by atoms with Crippen LogP contribution in [0.4, 0.5) is 0 Å². The van der Waals surface area contributed by atoms with Gasteiger partial charge in [-0.25, -0.2) is 0 Å². The molecule has 2 amide bonds. The molecule has 29 heavy (non-hydrogen) atoms. The number of ether oxygens (including phenoxy) is 2. The number of carbonyl (C=O) groups excluding carboxylic acids is 2. The van der Waals surface area contributed by atoms with Gasteiger partial charge in [-0.05, 0) is 27.1 Å². The first kappa shape index (κ1) is 21.5. The molecule has 8 nitrogen and oxygen atoms in total. The number of hydrogen-bond donors (Lipinski definition) is 1. The maximum Gasteiger partial charge on any atom is 0.245 e. The lowest BCUT2D eigenvalue weighted by Gasteiger charge is -2.33. The molecule has 0 aliphatic carbocycles. The molecule has 3 rings (SSSR count). The minimum absolute atomic E-state index is 0.0903. The quantitative estimate of drug-likeness (QED) is 0.729. The summed E-state index contributed by atoms with van der Waals surface area (Å²) >= 11 is 0. The van der Waals surface area contributed by atoms with Crippen molar-refractivity contribution in [1.29, 1.82) is 0 Å². The van der Waals surface area contributed by atoms with Crippen molar-refractivity contribution in [3.05, 3.63) is 29.8 Å². The zero-order valence-corrected chi connectivity index (χ0v) is 17.6. The van der Waals surface area contributed by atoms with Crippen molar-refractivity contribution >= 4 is 11.8 Å². The van der Waals surface area contributed by atoms with Gasteiger partial charge in [0.05, 0.1) is 25.8 Å². The second-order valence-corrected chi connectivity index (χ2v) is 7.98. The fraction of sp³-hybridized carbons (Fsp3) is 0.619. The van der Waals surface area contributed by atoms with Gasteiger partial charge in [0.1, 0.15) is 18.4 Å². The van der Waals surface area contributed by atoms with Gasteiger partial charge in [-0.15, -0.1) is 0 Å². The Kier molecular flexibility index (Phi) is 7.46. The lowest BCUT2D eigenvalue weighted by molar-refractivity contribution is -0.139. The molecule has 0 saturated carbocycles. The average Bonchev–Trinajstić information content (AvgIpc) is 2.87. The number of morpholine rings is 1. The van der Waals surface area contributed by atoms with E-state index in [2.05, 4.69) is 5.32 Å². The van der Waals surface area contributed by atoms with Crippen molar-refractivity contribution in [3.63, 3.8) is 0 Å². The molecule has 1 aromatic rings. The maximum atomic E-state index is 13.3. The van der Waals surface area contributed by atoms with E-state index in [1.165, 1.54) is 0 Å².